The lowest BCUT2D eigenvalue weighted by Crippen LogP contribution is -2.14. The van der Waals surface area contributed by atoms with Gasteiger partial charge in [0, 0.05) is 21.4 Å². The zero-order valence-electron chi connectivity index (χ0n) is 14.1. The Hall–Kier alpha value is -1.97. The first-order valence-corrected chi connectivity index (χ1v) is 10.6. The Morgan fingerprint density at radius 3 is 2.81 bits per heavy atom. The summed E-state index contributed by atoms with van der Waals surface area (Å²) in [6.45, 7) is 0. The van der Waals surface area contributed by atoms with Gasteiger partial charge in [0.25, 0.3) is 0 Å². The number of rotatable bonds is 4. The first-order chi connectivity index (χ1) is 13.0. The predicted octanol–water partition coefficient (Wildman–Crippen LogP) is 4.77. The van der Waals surface area contributed by atoms with E-state index in [-0.39, 0.29) is 11.7 Å². The second kappa shape index (κ2) is 7.57. The van der Waals surface area contributed by atoms with E-state index in [9.17, 15) is 4.79 Å². The molecule has 0 unspecified atom stereocenters. The van der Waals surface area contributed by atoms with Crippen LogP contribution in [0.4, 0.5) is 5.69 Å². The molecule has 0 fully saturated rings. The first-order valence-electron chi connectivity index (χ1n) is 7.98. The number of aryl methyl sites for hydroxylation is 1. The molecule has 0 aliphatic rings. The SMILES string of the molecule is Cn1c2ccccc2c2nnc(SCC(=O)Nc3ccc(Br)cc3Br)nc21. The number of benzene rings is 2. The first kappa shape index (κ1) is 18.4. The Labute approximate surface area is 176 Å². The highest BCUT2D eigenvalue weighted by atomic mass is 79.9. The molecule has 9 heteroatoms. The van der Waals surface area contributed by atoms with Gasteiger partial charge in [0.15, 0.2) is 5.65 Å². The van der Waals surface area contributed by atoms with E-state index >= 15 is 0 Å². The van der Waals surface area contributed by atoms with E-state index in [4.69, 9.17) is 0 Å². The van der Waals surface area contributed by atoms with Crippen LogP contribution in [0.2, 0.25) is 0 Å². The standard InChI is InChI=1S/C18H13Br2N5OS/c1-25-14-5-3-2-4-11(14)16-17(25)22-18(24-23-16)27-9-15(26)21-13-7-6-10(19)8-12(13)20/h2-8H,9H2,1H3,(H,21,26). The summed E-state index contributed by atoms with van der Waals surface area (Å²) >= 11 is 8.08. The maximum atomic E-state index is 12.2. The van der Waals surface area contributed by atoms with Crippen LogP contribution in [0.15, 0.2) is 56.6 Å². The van der Waals surface area contributed by atoms with Crippen LogP contribution < -0.4 is 5.32 Å². The van der Waals surface area contributed by atoms with E-state index < -0.39 is 0 Å². The highest BCUT2D eigenvalue weighted by Gasteiger charge is 2.13. The minimum atomic E-state index is -0.135. The third-order valence-corrected chi connectivity index (χ3v) is 6.01. The van der Waals surface area contributed by atoms with Crippen LogP contribution in [0.3, 0.4) is 0 Å². The third-order valence-electron chi connectivity index (χ3n) is 4.02. The fraction of sp³-hybridized carbons (Fsp3) is 0.111. The van der Waals surface area contributed by atoms with Gasteiger partial charge in [-0.25, -0.2) is 4.98 Å². The molecule has 2 aromatic carbocycles. The van der Waals surface area contributed by atoms with Crippen LogP contribution in [0.5, 0.6) is 0 Å². The lowest BCUT2D eigenvalue weighted by atomic mass is 10.2. The Morgan fingerprint density at radius 2 is 2.00 bits per heavy atom. The second-order valence-corrected chi connectivity index (χ2v) is 8.52. The number of thioether (sulfide) groups is 1. The van der Waals surface area contributed by atoms with Gasteiger partial charge in [-0.05, 0) is 40.2 Å². The zero-order valence-corrected chi connectivity index (χ0v) is 18.1. The molecule has 1 N–H and O–H groups in total. The molecular formula is C18H13Br2N5OS. The number of hydrogen-bond donors (Lipinski definition) is 1. The molecule has 0 bridgehead atoms. The summed E-state index contributed by atoms with van der Waals surface area (Å²) in [4.78, 5) is 16.8. The minimum absolute atomic E-state index is 0.135. The molecule has 0 aliphatic carbocycles. The molecule has 0 saturated carbocycles. The monoisotopic (exact) mass is 505 g/mol. The molecule has 0 aliphatic heterocycles. The van der Waals surface area contributed by atoms with Gasteiger partial charge < -0.3 is 9.88 Å². The molecule has 0 atom stereocenters. The van der Waals surface area contributed by atoms with Crippen molar-refractivity contribution in [2.24, 2.45) is 7.05 Å². The van der Waals surface area contributed by atoms with E-state index in [2.05, 4.69) is 52.4 Å². The van der Waals surface area contributed by atoms with Crippen molar-refractivity contribution in [1.29, 1.82) is 0 Å². The highest BCUT2D eigenvalue weighted by molar-refractivity contribution is 9.11. The van der Waals surface area contributed by atoms with Gasteiger partial charge in [0.05, 0.1) is 17.0 Å². The summed E-state index contributed by atoms with van der Waals surface area (Å²) in [6, 6.07) is 13.6. The van der Waals surface area contributed by atoms with Gasteiger partial charge in [-0.1, -0.05) is 45.9 Å². The van der Waals surface area contributed by atoms with Gasteiger partial charge in [-0.3, -0.25) is 4.79 Å². The summed E-state index contributed by atoms with van der Waals surface area (Å²) in [6.07, 6.45) is 0. The Kier molecular flexibility index (Phi) is 5.16. The number of hydrogen-bond acceptors (Lipinski definition) is 5. The van der Waals surface area contributed by atoms with Gasteiger partial charge in [0.1, 0.15) is 5.52 Å². The van der Waals surface area contributed by atoms with Gasteiger partial charge >= 0.3 is 0 Å². The maximum Gasteiger partial charge on any atom is 0.234 e. The number of halogens is 2. The van der Waals surface area contributed by atoms with Crippen LogP contribution in [0.1, 0.15) is 0 Å². The average molecular weight is 507 g/mol. The maximum absolute atomic E-state index is 12.2. The predicted molar refractivity (Wildman–Crippen MR) is 115 cm³/mol. The Morgan fingerprint density at radius 1 is 1.19 bits per heavy atom. The van der Waals surface area contributed by atoms with Crippen molar-refractivity contribution in [1.82, 2.24) is 19.7 Å². The Bertz CT molecular complexity index is 1180. The molecule has 27 heavy (non-hydrogen) atoms. The molecule has 4 aromatic rings. The number of nitrogens with one attached hydrogen (secondary N) is 1. The normalized spacial score (nSPS) is 11.2. The number of anilines is 1. The summed E-state index contributed by atoms with van der Waals surface area (Å²) < 4.78 is 3.73. The third kappa shape index (κ3) is 3.71. The summed E-state index contributed by atoms with van der Waals surface area (Å²) in [5.74, 6) is 0.0587. The van der Waals surface area contributed by atoms with Crippen molar-refractivity contribution < 1.29 is 4.79 Å². The highest BCUT2D eigenvalue weighted by Crippen LogP contribution is 2.27. The fourth-order valence-corrected chi connectivity index (χ4v) is 4.49. The van der Waals surface area contributed by atoms with Gasteiger partial charge in [0.2, 0.25) is 11.1 Å². The van der Waals surface area contributed by atoms with Crippen molar-refractivity contribution >= 4 is 77.3 Å². The molecule has 2 heterocycles. The fourth-order valence-electron chi connectivity index (χ4n) is 2.76. The minimum Gasteiger partial charge on any atom is -0.327 e. The molecular weight excluding hydrogens is 494 g/mol. The van der Waals surface area contributed by atoms with Crippen molar-refractivity contribution in [3.05, 3.63) is 51.4 Å². The molecule has 4 rings (SSSR count). The van der Waals surface area contributed by atoms with Crippen LogP contribution in [0, 0.1) is 0 Å². The largest absolute Gasteiger partial charge is 0.327 e. The number of carbonyl (C=O) groups is 1. The van der Waals surface area contributed by atoms with E-state index in [1.165, 1.54) is 11.8 Å². The van der Waals surface area contributed by atoms with E-state index in [1.807, 2.05) is 54.1 Å². The van der Waals surface area contributed by atoms with Gasteiger partial charge in [-0.2, -0.15) is 0 Å². The number of amides is 1. The lowest BCUT2D eigenvalue weighted by molar-refractivity contribution is -0.113. The number of para-hydroxylation sites is 1. The summed E-state index contributed by atoms with van der Waals surface area (Å²) in [5, 5.41) is 12.8. The van der Waals surface area contributed by atoms with Crippen LogP contribution >= 0.6 is 43.6 Å². The summed E-state index contributed by atoms with van der Waals surface area (Å²) in [7, 11) is 1.95. The number of carbonyl (C=O) groups excluding carboxylic acids is 1. The summed E-state index contributed by atoms with van der Waals surface area (Å²) in [5.41, 5.74) is 3.28. The molecule has 0 radical (unpaired) electrons. The van der Waals surface area contributed by atoms with Crippen LogP contribution in [0.25, 0.3) is 22.1 Å². The van der Waals surface area contributed by atoms with Gasteiger partial charge in [-0.15, -0.1) is 10.2 Å². The van der Waals surface area contributed by atoms with Crippen molar-refractivity contribution in [3.8, 4) is 0 Å². The van der Waals surface area contributed by atoms with E-state index in [1.54, 1.807) is 0 Å². The van der Waals surface area contributed by atoms with Crippen molar-refractivity contribution in [2.45, 2.75) is 5.16 Å². The Balaban J connectivity index is 1.51. The molecule has 2 aromatic heterocycles. The molecule has 1 amide bonds. The number of aromatic nitrogens is 4. The van der Waals surface area contributed by atoms with E-state index in [0.29, 0.717) is 10.8 Å². The molecule has 136 valence electrons. The number of nitrogens with zero attached hydrogens (tertiary/aromatic N) is 4. The average Bonchev–Trinajstić information content (AvgIpc) is 2.95. The molecule has 0 spiro atoms. The van der Waals surface area contributed by atoms with Crippen molar-refractivity contribution in [3.63, 3.8) is 0 Å². The number of fused-ring (bicyclic) bond motifs is 3. The topological polar surface area (TPSA) is 72.7 Å². The zero-order chi connectivity index (χ0) is 19.0. The molecule has 6 nitrogen and oxygen atoms in total. The quantitative estimate of drug-likeness (QED) is 0.403. The van der Waals surface area contributed by atoms with Crippen LogP contribution in [-0.2, 0) is 11.8 Å². The lowest BCUT2D eigenvalue weighted by Gasteiger charge is -2.07. The smallest absolute Gasteiger partial charge is 0.234 e. The molecule has 0 saturated heterocycles. The van der Waals surface area contributed by atoms with E-state index in [0.717, 1.165) is 31.0 Å². The van der Waals surface area contributed by atoms with Crippen molar-refractivity contribution in [2.75, 3.05) is 11.1 Å². The van der Waals surface area contributed by atoms with Crippen LogP contribution in [-0.4, -0.2) is 31.4 Å². The second-order valence-electron chi connectivity index (χ2n) is 5.80.